The van der Waals surface area contributed by atoms with Gasteiger partial charge in [0.25, 0.3) is 11.8 Å². The number of ether oxygens (including phenoxy) is 1. The first-order chi connectivity index (χ1) is 17.7. The lowest BCUT2D eigenvalue weighted by atomic mass is 10.0. The Morgan fingerprint density at radius 3 is 2.47 bits per heavy atom. The predicted octanol–water partition coefficient (Wildman–Crippen LogP) is 3.73. The maximum atomic E-state index is 14.1. The van der Waals surface area contributed by atoms with Crippen molar-refractivity contribution in [1.82, 2.24) is 14.8 Å². The fraction of sp³-hybridized carbons (Fsp3) is 0.480. The van der Waals surface area contributed by atoms with E-state index in [9.17, 15) is 41.4 Å². The molecule has 38 heavy (non-hydrogen) atoms. The Morgan fingerprint density at radius 2 is 1.92 bits per heavy atom. The summed E-state index contributed by atoms with van der Waals surface area (Å²) >= 11 is 0. The van der Waals surface area contributed by atoms with Crippen LogP contribution in [0.5, 0.6) is 5.75 Å². The molecular formula is C25H26F5N3O5. The molecule has 1 aliphatic heterocycles. The first-order valence-corrected chi connectivity index (χ1v) is 12.0. The highest BCUT2D eigenvalue weighted by atomic mass is 19.4. The van der Waals surface area contributed by atoms with E-state index in [1.54, 1.807) is 12.2 Å². The minimum absolute atomic E-state index is 0.107. The normalized spacial score (nSPS) is 22.6. The molecule has 1 saturated carbocycles. The lowest BCUT2D eigenvalue weighted by molar-refractivity contribution is -0.155. The van der Waals surface area contributed by atoms with Gasteiger partial charge in [-0.15, -0.1) is 0 Å². The summed E-state index contributed by atoms with van der Waals surface area (Å²) in [5.74, 6) is -5.36. The van der Waals surface area contributed by atoms with Gasteiger partial charge in [0, 0.05) is 24.4 Å². The summed E-state index contributed by atoms with van der Waals surface area (Å²) in [5.41, 5.74) is -3.78. The molecule has 0 bridgehead atoms. The van der Waals surface area contributed by atoms with Gasteiger partial charge in [-0.3, -0.25) is 14.4 Å². The Bertz CT molecular complexity index is 1330. The number of pyridine rings is 1. The zero-order chi connectivity index (χ0) is 28.1. The van der Waals surface area contributed by atoms with Crippen molar-refractivity contribution in [3.05, 3.63) is 63.1 Å². The van der Waals surface area contributed by atoms with Crippen LogP contribution < -0.4 is 10.7 Å². The minimum atomic E-state index is -5.21. The smallest absolute Gasteiger partial charge is 0.412 e. The maximum Gasteiger partial charge on any atom is 0.412 e. The van der Waals surface area contributed by atoms with Crippen molar-refractivity contribution in [3.63, 3.8) is 0 Å². The lowest BCUT2D eigenvalue weighted by Crippen LogP contribution is -2.51. The second-order valence-electron chi connectivity index (χ2n) is 9.60. The highest BCUT2D eigenvalue weighted by Crippen LogP contribution is 2.42. The number of benzene rings is 1. The number of alkyl halides is 3. The van der Waals surface area contributed by atoms with E-state index < -0.39 is 69.9 Å². The molecule has 206 valence electrons. The third kappa shape index (κ3) is 5.11. The SMILES string of the molecule is CCN1C(=O)c2c(O)c(=O)c(C(=O)N[C@@H](c3ccc(F)cc3F)C(F)(F)F)cn2C[C@H]1OC(C)[C@H]1C[C@@H]1C. The molecule has 1 aromatic heterocycles. The van der Waals surface area contributed by atoms with Crippen molar-refractivity contribution >= 4 is 11.8 Å². The van der Waals surface area contributed by atoms with Crippen LogP contribution in [-0.4, -0.2) is 51.4 Å². The number of rotatable bonds is 7. The van der Waals surface area contributed by atoms with Crippen molar-refractivity contribution < 1.29 is 41.4 Å². The van der Waals surface area contributed by atoms with E-state index in [1.165, 1.54) is 4.90 Å². The highest BCUT2D eigenvalue weighted by Gasteiger charge is 2.45. The van der Waals surface area contributed by atoms with E-state index in [1.807, 2.05) is 6.92 Å². The standard InChI is InChI=1S/C25H26F5N3O5/c1-4-33-18(38-12(3)15-7-11(15)2)10-32-9-16(20(34)21(35)19(32)24(33)37)23(36)31-22(25(28,29)30)14-6-5-13(26)8-17(14)27/h5-6,8-9,11-12,15,18,22,35H,4,7,10H2,1-3H3,(H,31,36)/t11-,12?,15-,18+,22-/m0/s1. The number of nitrogens with zero attached hydrogens (tertiary/aromatic N) is 2. The van der Waals surface area contributed by atoms with Crippen LogP contribution in [-0.2, 0) is 11.3 Å². The third-order valence-corrected chi connectivity index (χ3v) is 7.03. The molecule has 2 aromatic rings. The molecule has 2 aliphatic rings. The van der Waals surface area contributed by atoms with Crippen LogP contribution in [0, 0.1) is 23.5 Å². The Hall–Kier alpha value is -3.48. The number of aromatic hydroxyl groups is 1. The molecule has 1 aliphatic carbocycles. The molecule has 4 rings (SSSR count). The number of halogens is 5. The van der Waals surface area contributed by atoms with Gasteiger partial charge in [0.2, 0.25) is 5.43 Å². The van der Waals surface area contributed by atoms with Crippen molar-refractivity contribution in [1.29, 1.82) is 0 Å². The summed E-state index contributed by atoms with van der Waals surface area (Å²) in [6.07, 6.45) is -4.43. The van der Waals surface area contributed by atoms with Gasteiger partial charge < -0.3 is 24.6 Å². The number of amides is 2. The number of hydrogen-bond acceptors (Lipinski definition) is 5. The minimum Gasteiger partial charge on any atom is -0.503 e. The number of likely N-dealkylation sites (N-methyl/N-ethyl adjacent to an activating group) is 1. The van der Waals surface area contributed by atoms with Crippen molar-refractivity contribution in [2.45, 2.75) is 58.3 Å². The van der Waals surface area contributed by atoms with E-state index in [4.69, 9.17) is 4.74 Å². The number of aromatic nitrogens is 1. The number of carbonyl (C=O) groups excluding carboxylic acids is 2. The molecule has 1 fully saturated rings. The fourth-order valence-electron chi connectivity index (χ4n) is 4.81. The number of hydrogen-bond donors (Lipinski definition) is 2. The van der Waals surface area contributed by atoms with Gasteiger partial charge in [0.05, 0.1) is 12.6 Å². The van der Waals surface area contributed by atoms with Gasteiger partial charge >= 0.3 is 6.18 Å². The summed E-state index contributed by atoms with van der Waals surface area (Å²) in [4.78, 5) is 40.0. The van der Waals surface area contributed by atoms with Gasteiger partial charge in [0.1, 0.15) is 17.2 Å². The van der Waals surface area contributed by atoms with Crippen LogP contribution in [0.2, 0.25) is 0 Å². The fourth-order valence-corrected chi connectivity index (χ4v) is 4.81. The van der Waals surface area contributed by atoms with Crippen LogP contribution in [0.4, 0.5) is 22.0 Å². The van der Waals surface area contributed by atoms with Crippen molar-refractivity contribution in [2.24, 2.45) is 11.8 Å². The Morgan fingerprint density at radius 1 is 1.26 bits per heavy atom. The van der Waals surface area contributed by atoms with E-state index in [2.05, 4.69) is 6.92 Å². The topological polar surface area (TPSA) is 101 Å². The highest BCUT2D eigenvalue weighted by molar-refractivity contribution is 5.99. The zero-order valence-electron chi connectivity index (χ0n) is 20.7. The Labute approximate surface area is 214 Å². The van der Waals surface area contributed by atoms with Crippen LogP contribution in [0.15, 0.2) is 29.2 Å². The molecule has 2 N–H and O–H groups in total. The molecule has 0 spiro atoms. The van der Waals surface area contributed by atoms with Gasteiger partial charge in [-0.2, -0.15) is 13.2 Å². The monoisotopic (exact) mass is 543 g/mol. The van der Waals surface area contributed by atoms with Crippen LogP contribution >= 0.6 is 0 Å². The second-order valence-corrected chi connectivity index (χ2v) is 9.60. The average molecular weight is 543 g/mol. The third-order valence-electron chi connectivity index (χ3n) is 7.03. The van der Waals surface area contributed by atoms with E-state index >= 15 is 0 Å². The molecule has 0 radical (unpaired) electrons. The summed E-state index contributed by atoms with van der Waals surface area (Å²) in [5, 5.41) is 12.1. The van der Waals surface area contributed by atoms with E-state index in [0.717, 1.165) is 17.2 Å². The quantitative estimate of drug-likeness (QED) is 0.519. The molecule has 0 saturated heterocycles. The number of nitrogens with one attached hydrogen (secondary N) is 1. The molecular weight excluding hydrogens is 517 g/mol. The average Bonchev–Trinajstić information content (AvgIpc) is 3.56. The lowest BCUT2D eigenvalue weighted by Gasteiger charge is -2.38. The number of fused-ring (bicyclic) bond motifs is 1. The zero-order valence-corrected chi connectivity index (χ0v) is 20.7. The largest absolute Gasteiger partial charge is 0.503 e. The Kier molecular flexibility index (Phi) is 7.26. The van der Waals surface area contributed by atoms with Crippen LogP contribution in [0.1, 0.15) is 59.6 Å². The first-order valence-electron chi connectivity index (χ1n) is 12.0. The molecule has 2 heterocycles. The summed E-state index contributed by atoms with van der Waals surface area (Å²) < 4.78 is 75.8. The van der Waals surface area contributed by atoms with Crippen LogP contribution in [0.25, 0.3) is 0 Å². The predicted molar refractivity (Wildman–Crippen MR) is 123 cm³/mol. The molecule has 13 heteroatoms. The van der Waals surface area contributed by atoms with E-state index in [0.29, 0.717) is 24.0 Å². The molecule has 1 aromatic carbocycles. The maximum absolute atomic E-state index is 14.1. The van der Waals surface area contributed by atoms with Gasteiger partial charge in [0.15, 0.2) is 23.7 Å². The van der Waals surface area contributed by atoms with Gasteiger partial charge in [-0.1, -0.05) is 13.0 Å². The molecule has 5 atom stereocenters. The summed E-state index contributed by atoms with van der Waals surface area (Å²) in [6.45, 7) is 5.67. The van der Waals surface area contributed by atoms with Gasteiger partial charge in [-0.25, -0.2) is 8.78 Å². The molecule has 1 unspecified atom stereocenters. The molecule has 8 nitrogen and oxygen atoms in total. The van der Waals surface area contributed by atoms with Gasteiger partial charge in [-0.05, 0) is 38.2 Å². The second kappa shape index (κ2) is 10.0. The summed E-state index contributed by atoms with van der Waals surface area (Å²) in [6, 6.07) is -1.57. The summed E-state index contributed by atoms with van der Waals surface area (Å²) in [7, 11) is 0. The van der Waals surface area contributed by atoms with Crippen LogP contribution in [0.3, 0.4) is 0 Å². The van der Waals surface area contributed by atoms with Crippen molar-refractivity contribution in [2.75, 3.05) is 6.54 Å². The van der Waals surface area contributed by atoms with Crippen molar-refractivity contribution in [3.8, 4) is 5.75 Å². The first kappa shape index (κ1) is 27.6. The number of carbonyl (C=O) groups is 2. The molecule has 2 amide bonds. The van der Waals surface area contributed by atoms with E-state index in [-0.39, 0.29) is 25.3 Å². The Balaban J connectivity index is 1.68.